The lowest BCUT2D eigenvalue weighted by molar-refractivity contribution is 0.0785. The first-order chi connectivity index (χ1) is 11.8. The number of anilines is 1. The van der Waals surface area contributed by atoms with Crippen LogP contribution in [0.15, 0.2) is 48.5 Å². The van der Waals surface area contributed by atoms with Gasteiger partial charge in [0, 0.05) is 35.9 Å². The van der Waals surface area contributed by atoms with E-state index in [1.165, 1.54) is 0 Å². The maximum Gasteiger partial charge on any atom is 0.319 e. The molecule has 2 rings (SSSR count). The smallest absolute Gasteiger partial charge is 0.319 e. The topological polar surface area (TPSA) is 61.4 Å². The van der Waals surface area contributed by atoms with Crippen molar-refractivity contribution in [3.63, 3.8) is 0 Å². The maximum atomic E-state index is 12.6. The molecule has 0 aromatic heterocycles. The van der Waals surface area contributed by atoms with Crippen molar-refractivity contribution < 1.29 is 9.59 Å². The molecule has 0 atom stereocenters. The molecule has 0 aliphatic heterocycles. The van der Waals surface area contributed by atoms with Crippen molar-refractivity contribution in [1.82, 2.24) is 10.2 Å². The number of benzene rings is 2. The summed E-state index contributed by atoms with van der Waals surface area (Å²) in [5.41, 5.74) is 2.03. The fraction of sp³-hybridized carbons (Fsp3) is 0.263. The number of nitrogens with zero attached hydrogens (tertiary/aromatic N) is 1. The molecule has 3 amide bonds. The van der Waals surface area contributed by atoms with Gasteiger partial charge in [-0.3, -0.25) is 4.79 Å². The summed E-state index contributed by atoms with van der Waals surface area (Å²) in [5, 5.41) is 6.11. The molecule has 0 heterocycles. The van der Waals surface area contributed by atoms with Gasteiger partial charge in [0.15, 0.2) is 0 Å². The number of rotatable bonds is 5. The zero-order chi connectivity index (χ0) is 18.4. The van der Waals surface area contributed by atoms with Gasteiger partial charge in [0.05, 0.1) is 0 Å². The molecule has 0 spiro atoms. The van der Waals surface area contributed by atoms with Crippen molar-refractivity contribution in [2.75, 3.05) is 12.4 Å². The molecule has 0 fully saturated rings. The van der Waals surface area contributed by atoms with Gasteiger partial charge in [-0.15, -0.1) is 0 Å². The Morgan fingerprint density at radius 3 is 2.52 bits per heavy atom. The van der Waals surface area contributed by atoms with E-state index >= 15 is 0 Å². The Hall–Kier alpha value is -2.53. The number of urea groups is 1. The lowest BCUT2D eigenvalue weighted by atomic mass is 10.1. The molecule has 2 aromatic carbocycles. The molecule has 25 heavy (non-hydrogen) atoms. The van der Waals surface area contributed by atoms with Crippen LogP contribution in [0.25, 0.3) is 0 Å². The third-order valence-corrected chi connectivity index (χ3v) is 3.68. The van der Waals surface area contributed by atoms with E-state index in [9.17, 15) is 9.59 Å². The van der Waals surface area contributed by atoms with Crippen molar-refractivity contribution >= 4 is 29.2 Å². The van der Waals surface area contributed by atoms with Gasteiger partial charge in [-0.25, -0.2) is 4.79 Å². The Morgan fingerprint density at radius 1 is 1.12 bits per heavy atom. The summed E-state index contributed by atoms with van der Waals surface area (Å²) in [7, 11) is 1.73. The molecule has 0 bridgehead atoms. The molecule has 0 aliphatic rings. The minimum Gasteiger partial charge on any atom is -0.337 e. The third kappa shape index (κ3) is 5.80. The molecule has 0 unspecified atom stereocenters. The van der Waals surface area contributed by atoms with Gasteiger partial charge >= 0.3 is 6.03 Å². The standard InChI is InChI=1S/C19H22ClN3O2/c1-13(2)21-19(25)22-17-9-5-7-15(11-17)18(24)23(3)12-14-6-4-8-16(20)10-14/h4-11,13H,12H2,1-3H3,(H2,21,22,25). The SMILES string of the molecule is CC(C)NC(=O)Nc1cccc(C(=O)N(C)Cc2cccc(Cl)c2)c1. The molecule has 5 nitrogen and oxygen atoms in total. The van der Waals surface area contributed by atoms with Crippen LogP contribution in [0.1, 0.15) is 29.8 Å². The second kappa shape index (κ2) is 8.53. The highest BCUT2D eigenvalue weighted by Gasteiger charge is 2.13. The number of carbonyl (C=O) groups excluding carboxylic acids is 2. The van der Waals surface area contributed by atoms with Crippen LogP contribution in [-0.4, -0.2) is 29.9 Å². The first-order valence-corrected chi connectivity index (χ1v) is 8.40. The minimum atomic E-state index is -0.299. The van der Waals surface area contributed by atoms with E-state index in [2.05, 4.69) is 10.6 Å². The summed E-state index contributed by atoms with van der Waals surface area (Å²) in [6, 6.07) is 14.0. The second-order valence-corrected chi connectivity index (χ2v) is 6.56. The van der Waals surface area contributed by atoms with Crippen molar-refractivity contribution in [1.29, 1.82) is 0 Å². The molecular weight excluding hydrogens is 338 g/mol. The zero-order valence-electron chi connectivity index (χ0n) is 14.5. The highest BCUT2D eigenvalue weighted by Crippen LogP contribution is 2.16. The normalized spacial score (nSPS) is 10.4. The number of halogens is 1. The molecule has 6 heteroatoms. The van der Waals surface area contributed by atoms with Crippen molar-refractivity contribution in [2.24, 2.45) is 0 Å². The van der Waals surface area contributed by atoms with Gasteiger partial charge in [0.2, 0.25) is 0 Å². The summed E-state index contributed by atoms with van der Waals surface area (Å²) < 4.78 is 0. The number of hydrogen-bond donors (Lipinski definition) is 2. The van der Waals surface area contributed by atoms with Crippen LogP contribution in [-0.2, 0) is 6.54 Å². The van der Waals surface area contributed by atoms with Crippen LogP contribution < -0.4 is 10.6 Å². The molecular formula is C19H22ClN3O2. The number of hydrogen-bond acceptors (Lipinski definition) is 2. The minimum absolute atomic E-state index is 0.0358. The monoisotopic (exact) mass is 359 g/mol. The molecule has 0 saturated carbocycles. The van der Waals surface area contributed by atoms with Crippen molar-refractivity contribution in [2.45, 2.75) is 26.4 Å². The van der Waals surface area contributed by atoms with Gasteiger partial charge < -0.3 is 15.5 Å². The largest absolute Gasteiger partial charge is 0.337 e. The third-order valence-electron chi connectivity index (χ3n) is 3.44. The maximum absolute atomic E-state index is 12.6. The summed E-state index contributed by atoms with van der Waals surface area (Å²) in [6.07, 6.45) is 0. The van der Waals surface area contributed by atoms with Gasteiger partial charge in [-0.1, -0.05) is 29.8 Å². The first-order valence-electron chi connectivity index (χ1n) is 8.02. The Balaban J connectivity index is 2.05. The Kier molecular flexibility index (Phi) is 6.42. The van der Waals surface area contributed by atoms with Crippen LogP contribution in [0.3, 0.4) is 0 Å². The molecule has 0 radical (unpaired) electrons. The van der Waals surface area contributed by atoms with E-state index in [1.807, 2.05) is 32.0 Å². The highest BCUT2D eigenvalue weighted by atomic mass is 35.5. The van der Waals surface area contributed by atoms with Gasteiger partial charge in [-0.05, 0) is 49.7 Å². The number of amides is 3. The second-order valence-electron chi connectivity index (χ2n) is 6.13. The predicted octanol–water partition coefficient (Wildman–Crippen LogP) is 4.14. The fourth-order valence-electron chi connectivity index (χ4n) is 2.36. The van der Waals surface area contributed by atoms with E-state index in [0.717, 1.165) is 5.56 Å². The summed E-state index contributed by atoms with van der Waals surface area (Å²) in [5.74, 6) is -0.132. The van der Waals surface area contributed by atoms with E-state index < -0.39 is 0 Å². The molecule has 0 aliphatic carbocycles. The van der Waals surface area contributed by atoms with E-state index in [1.54, 1.807) is 42.3 Å². The predicted molar refractivity (Wildman–Crippen MR) is 101 cm³/mol. The van der Waals surface area contributed by atoms with E-state index in [4.69, 9.17) is 11.6 Å². The molecule has 132 valence electrons. The van der Waals surface area contributed by atoms with Crippen molar-refractivity contribution in [3.8, 4) is 0 Å². The quantitative estimate of drug-likeness (QED) is 0.842. The number of nitrogens with one attached hydrogen (secondary N) is 2. The van der Waals surface area contributed by atoms with E-state index in [-0.39, 0.29) is 18.0 Å². The van der Waals surface area contributed by atoms with Gasteiger partial charge in [-0.2, -0.15) is 0 Å². The summed E-state index contributed by atoms with van der Waals surface area (Å²) >= 11 is 5.98. The van der Waals surface area contributed by atoms with Crippen LogP contribution in [0.2, 0.25) is 5.02 Å². The molecule has 0 saturated heterocycles. The number of carbonyl (C=O) groups is 2. The lowest BCUT2D eigenvalue weighted by Crippen LogP contribution is -2.34. The highest BCUT2D eigenvalue weighted by molar-refractivity contribution is 6.30. The van der Waals surface area contributed by atoms with Crippen molar-refractivity contribution in [3.05, 3.63) is 64.7 Å². The molecule has 2 aromatic rings. The first kappa shape index (κ1) is 18.8. The van der Waals surface area contributed by atoms with Crippen LogP contribution in [0.4, 0.5) is 10.5 Å². The van der Waals surface area contributed by atoms with Gasteiger partial charge in [0.1, 0.15) is 0 Å². The van der Waals surface area contributed by atoms with Crippen LogP contribution in [0, 0.1) is 0 Å². The Labute approximate surface area is 153 Å². The Bertz CT molecular complexity index is 762. The fourth-order valence-corrected chi connectivity index (χ4v) is 2.57. The van der Waals surface area contributed by atoms with Crippen LogP contribution >= 0.6 is 11.6 Å². The lowest BCUT2D eigenvalue weighted by Gasteiger charge is -2.18. The van der Waals surface area contributed by atoms with E-state index in [0.29, 0.717) is 22.8 Å². The average molecular weight is 360 g/mol. The Morgan fingerprint density at radius 2 is 1.84 bits per heavy atom. The van der Waals surface area contributed by atoms with Gasteiger partial charge in [0.25, 0.3) is 5.91 Å². The summed E-state index contributed by atoms with van der Waals surface area (Å²) in [6.45, 7) is 4.21. The average Bonchev–Trinajstić information content (AvgIpc) is 2.53. The van der Waals surface area contributed by atoms with Crippen LogP contribution in [0.5, 0.6) is 0 Å². The molecule has 2 N–H and O–H groups in total. The summed E-state index contributed by atoms with van der Waals surface area (Å²) in [4.78, 5) is 26.0. The zero-order valence-corrected chi connectivity index (χ0v) is 15.3.